The van der Waals surface area contributed by atoms with Crippen molar-refractivity contribution in [2.75, 3.05) is 31.3 Å². The fourth-order valence-electron chi connectivity index (χ4n) is 3.44. The van der Waals surface area contributed by atoms with Gasteiger partial charge in [0.15, 0.2) is 0 Å². The van der Waals surface area contributed by atoms with Gasteiger partial charge < -0.3 is 14.8 Å². The zero-order valence-corrected chi connectivity index (χ0v) is 19.7. The fraction of sp³-hybridized carbons (Fsp3) is 0.435. The van der Waals surface area contributed by atoms with Crippen LogP contribution in [0, 0.1) is 6.92 Å². The molecule has 0 aliphatic heterocycles. The number of rotatable bonds is 11. The predicted molar refractivity (Wildman–Crippen MR) is 123 cm³/mol. The largest absolute Gasteiger partial charge is 0.497 e. The van der Waals surface area contributed by atoms with Gasteiger partial charge in [-0.05, 0) is 49.1 Å². The Morgan fingerprint density at radius 2 is 1.87 bits per heavy atom. The Morgan fingerprint density at radius 3 is 2.45 bits per heavy atom. The molecule has 0 heterocycles. The van der Waals surface area contributed by atoms with Gasteiger partial charge in [0.1, 0.15) is 11.5 Å². The molecular weight excluding hydrogens is 416 g/mol. The SMILES string of the molecule is CC[C@H](NC(=O)CCCN(c1cccc(OC)c1)S(C)(=O)=O)c1ccc(OC)c(C)c1. The predicted octanol–water partition coefficient (Wildman–Crippen LogP) is 3.83. The number of anilines is 1. The number of carbonyl (C=O) groups is 1. The molecule has 0 spiro atoms. The highest BCUT2D eigenvalue weighted by molar-refractivity contribution is 7.92. The number of aryl methyl sites for hydroxylation is 1. The second kappa shape index (κ2) is 11.0. The number of amides is 1. The van der Waals surface area contributed by atoms with E-state index in [1.165, 1.54) is 11.4 Å². The molecule has 0 fully saturated rings. The Kier molecular flexibility index (Phi) is 8.74. The van der Waals surface area contributed by atoms with Crippen LogP contribution in [0.25, 0.3) is 0 Å². The van der Waals surface area contributed by atoms with Crippen molar-refractivity contribution in [3.05, 3.63) is 53.6 Å². The molecule has 0 bridgehead atoms. The summed E-state index contributed by atoms with van der Waals surface area (Å²) in [5.41, 5.74) is 2.54. The maximum absolute atomic E-state index is 12.5. The summed E-state index contributed by atoms with van der Waals surface area (Å²) in [7, 11) is -0.327. The highest BCUT2D eigenvalue weighted by Crippen LogP contribution is 2.25. The second-order valence-electron chi connectivity index (χ2n) is 7.40. The first kappa shape index (κ1) is 24.5. The molecule has 2 aromatic carbocycles. The van der Waals surface area contributed by atoms with Crippen molar-refractivity contribution >= 4 is 21.6 Å². The monoisotopic (exact) mass is 448 g/mol. The van der Waals surface area contributed by atoms with Crippen LogP contribution < -0.4 is 19.1 Å². The fourth-order valence-corrected chi connectivity index (χ4v) is 4.40. The molecule has 2 rings (SSSR count). The first-order valence-electron chi connectivity index (χ1n) is 10.2. The summed E-state index contributed by atoms with van der Waals surface area (Å²) in [5, 5.41) is 3.05. The van der Waals surface area contributed by atoms with Gasteiger partial charge in [0, 0.05) is 19.0 Å². The number of benzene rings is 2. The Bertz CT molecular complexity index is 991. The summed E-state index contributed by atoms with van der Waals surface area (Å²) in [5.74, 6) is 1.27. The average Bonchev–Trinajstić information content (AvgIpc) is 2.74. The molecule has 8 heteroatoms. The minimum absolute atomic E-state index is 0.110. The molecular formula is C23H32N2O5S. The molecule has 1 N–H and O–H groups in total. The molecule has 0 aromatic heterocycles. The summed E-state index contributed by atoms with van der Waals surface area (Å²) in [4.78, 5) is 12.5. The molecule has 0 aliphatic carbocycles. The van der Waals surface area contributed by atoms with E-state index in [2.05, 4.69) is 5.32 Å². The first-order chi connectivity index (χ1) is 14.7. The summed E-state index contributed by atoms with van der Waals surface area (Å²) in [6.45, 7) is 4.19. The van der Waals surface area contributed by atoms with Gasteiger partial charge in [-0.15, -0.1) is 0 Å². The van der Waals surface area contributed by atoms with Crippen LogP contribution in [0.15, 0.2) is 42.5 Å². The molecule has 0 saturated carbocycles. The maximum atomic E-state index is 12.5. The van der Waals surface area contributed by atoms with Crippen molar-refractivity contribution in [1.29, 1.82) is 0 Å². The van der Waals surface area contributed by atoms with Crippen LogP contribution >= 0.6 is 0 Å². The highest BCUT2D eigenvalue weighted by Gasteiger charge is 2.19. The number of hydrogen-bond acceptors (Lipinski definition) is 5. The summed E-state index contributed by atoms with van der Waals surface area (Å²) in [6.07, 6.45) is 2.53. The van der Waals surface area contributed by atoms with Crippen LogP contribution in [-0.2, 0) is 14.8 Å². The molecule has 31 heavy (non-hydrogen) atoms. The minimum atomic E-state index is -3.49. The van der Waals surface area contributed by atoms with Crippen LogP contribution in [0.4, 0.5) is 5.69 Å². The first-order valence-corrected chi connectivity index (χ1v) is 12.1. The zero-order valence-electron chi connectivity index (χ0n) is 18.8. The number of methoxy groups -OCH3 is 2. The number of nitrogens with zero attached hydrogens (tertiary/aromatic N) is 1. The average molecular weight is 449 g/mol. The van der Waals surface area contributed by atoms with Gasteiger partial charge >= 0.3 is 0 Å². The lowest BCUT2D eigenvalue weighted by Crippen LogP contribution is -2.33. The quantitative estimate of drug-likeness (QED) is 0.565. The lowest BCUT2D eigenvalue weighted by atomic mass is 10.0. The van der Waals surface area contributed by atoms with E-state index in [4.69, 9.17) is 9.47 Å². The lowest BCUT2D eigenvalue weighted by Gasteiger charge is -2.23. The van der Waals surface area contributed by atoms with Gasteiger partial charge in [0.05, 0.1) is 32.2 Å². The lowest BCUT2D eigenvalue weighted by molar-refractivity contribution is -0.121. The Hall–Kier alpha value is -2.74. The number of sulfonamides is 1. The molecule has 2 aromatic rings. The van der Waals surface area contributed by atoms with Crippen molar-refractivity contribution in [3.8, 4) is 11.5 Å². The van der Waals surface area contributed by atoms with Crippen LogP contribution in [0.5, 0.6) is 11.5 Å². The number of carbonyl (C=O) groups excluding carboxylic acids is 1. The normalized spacial score (nSPS) is 12.2. The summed E-state index contributed by atoms with van der Waals surface area (Å²) in [6, 6.07) is 12.6. The van der Waals surface area contributed by atoms with E-state index in [0.29, 0.717) is 17.9 Å². The van der Waals surface area contributed by atoms with Crippen molar-refractivity contribution in [2.45, 2.75) is 39.2 Å². The van der Waals surface area contributed by atoms with Crippen LogP contribution in [0.1, 0.15) is 43.4 Å². The Morgan fingerprint density at radius 1 is 1.13 bits per heavy atom. The molecule has 0 radical (unpaired) electrons. The van der Waals surface area contributed by atoms with Gasteiger partial charge in [-0.1, -0.05) is 25.1 Å². The Labute approximate surface area is 185 Å². The molecule has 7 nitrogen and oxygen atoms in total. The van der Waals surface area contributed by atoms with E-state index in [0.717, 1.165) is 29.6 Å². The van der Waals surface area contributed by atoms with E-state index >= 15 is 0 Å². The molecule has 1 amide bonds. The zero-order chi connectivity index (χ0) is 23.0. The topological polar surface area (TPSA) is 84.9 Å². The third-order valence-corrected chi connectivity index (χ3v) is 6.27. The third-order valence-electron chi connectivity index (χ3n) is 5.07. The van der Waals surface area contributed by atoms with Crippen molar-refractivity contribution in [1.82, 2.24) is 5.32 Å². The second-order valence-corrected chi connectivity index (χ2v) is 9.30. The van der Waals surface area contributed by atoms with Gasteiger partial charge in [-0.3, -0.25) is 9.10 Å². The van der Waals surface area contributed by atoms with Crippen LogP contribution in [-0.4, -0.2) is 41.3 Å². The molecule has 0 saturated heterocycles. The van der Waals surface area contributed by atoms with Crippen LogP contribution in [0.3, 0.4) is 0 Å². The number of hydrogen-bond donors (Lipinski definition) is 1. The maximum Gasteiger partial charge on any atom is 0.232 e. The molecule has 0 aliphatic rings. The summed E-state index contributed by atoms with van der Waals surface area (Å²) >= 11 is 0. The van der Waals surface area contributed by atoms with Gasteiger partial charge in [0.2, 0.25) is 15.9 Å². The minimum Gasteiger partial charge on any atom is -0.497 e. The van der Waals surface area contributed by atoms with Gasteiger partial charge in [-0.2, -0.15) is 0 Å². The smallest absolute Gasteiger partial charge is 0.232 e. The molecule has 170 valence electrons. The molecule has 1 atom stereocenters. The van der Waals surface area contributed by atoms with Gasteiger partial charge in [-0.25, -0.2) is 8.42 Å². The Balaban J connectivity index is 2.00. The van der Waals surface area contributed by atoms with Crippen molar-refractivity contribution < 1.29 is 22.7 Å². The van der Waals surface area contributed by atoms with E-state index in [9.17, 15) is 13.2 Å². The van der Waals surface area contributed by atoms with E-state index in [1.54, 1.807) is 31.4 Å². The van der Waals surface area contributed by atoms with E-state index in [1.807, 2.05) is 32.0 Å². The summed E-state index contributed by atoms with van der Waals surface area (Å²) < 4.78 is 36.3. The standard InChI is InChI=1S/C23H32N2O5S/c1-6-21(18-12-13-22(30-4)17(2)15-18)24-23(26)11-8-14-25(31(5,27)28)19-9-7-10-20(16-19)29-3/h7,9-10,12-13,15-16,21H,6,8,11,14H2,1-5H3,(H,24,26)/t21-/m0/s1. The van der Waals surface area contributed by atoms with Crippen LogP contribution in [0.2, 0.25) is 0 Å². The highest BCUT2D eigenvalue weighted by atomic mass is 32.2. The third kappa shape index (κ3) is 6.89. The van der Waals surface area contributed by atoms with Crippen molar-refractivity contribution in [3.63, 3.8) is 0 Å². The number of ether oxygens (including phenoxy) is 2. The van der Waals surface area contributed by atoms with Gasteiger partial charge in [0.25, 0.3) is 0 Å². The van der Waals surface area contributed by atoms with Crippen molar-refractivity contribution in [2.24, 2.45) is 0 Å². The van der Waals surface area contributed by atoms with E-state index < -0.39 is 10.0 Å². The number of nitrogens with one attached hydrogen (secondary N) is 1. The molecule has 0 unspecified atom stereocenters. The van der Waals surface area contributed by atoms with E-state index in [-0.39, 0.29) is 24.9 Å².